The largest absolute Gasteiger partial charge is 0.483 e. The highest BCUT2D eigenvalue weighted by molar-refractivity contribution is 5.29. The van der Waals surface area contributed by atoms with Crippen molar-refractivity contribution < 1.29 is 9.13 Å². The normalized spacial score (nSPS) is 10.6. The first kappa shape index (κ1) is 12.6. The molecule has 4 nitrogen and oxygen atoms in total. The number of ether oxygens (including phenoxy) is 1. The average molecular weight is 249 g/mol. The first-order chi connectivity index (χ1) is 8.74. The van der Waals surface area contributed by atoms with Gasteiger partial charge in [0.25, 0.3) is 0 Å². The number of imidazole rings is 1. The molecule has 0 fully saturated rings. The van der Waals surface area contributed by atoms with E-state index < -0.39 is 5.82 Å². The highest BCUT2D eigenvalue weighted by Crippen LogP contribution is 2.19. The van der Waals surface area contributed by atoms with Gasteiger partial charge in [-0.15, -0.1) is 0 Å². The molecule has 0 bridgehead atoms. The molecule has 96 valence electrons. The van der Waals surface area contributed by atoms with Crippen molar-refractivity contribution in [3.05, 3.63) is 47.8 Å². The molecule has 18 heavy (non-hydrogen) atoms. The van der Waals surface area contributed by atoms with Gasteiger partial charge in [-0.3, -0.25) is 0 Å². The predicted molar refractivity (Wildman–Crippen MR) is 66.5 cm³/mol. The maximum atomic E-state index is 13.6. The number of benzene rings is 1. The minimum absolute atomic E-state index is 0.220. The summed E-state index contributed by atoms with van der Waals surface area (Å²) in [6.45, 7) is 3.40. The summed E-state index contributed by atoms with van der Waals surface area (Å²) in [5, 5.41) is 0. The number of aryl methyl sites for hydroxylation is 1. The number of rotatable bonds is 5. The summed E-state index contributed by atoms with van der Waals surface area (Å²) >= 11 is 0. The topological polar surface area (TPSA) is 53.1 Å². The maximum absolute atomic E-state index is 13.6. The Hall–Kier alpha value is -1.88. The molecule has 1 aromatic heterocycles. The molecule has 0 unspecified atom stereocenters. The van der Waals surface area contributed by atoms with Crippen molar-refractivity contribution in [2.45, 2.75) is 26.6 Å². The van der Waals surface area contributed by atoms with Gasteiger partial charge in [0, 0.05) is 25.5 Å². The lowest BCUT2D eigenvalue weighted by atomic mass is 10.2. The second-order valence-electron chi connectivity index (χ2n) is 3.89. The van der Waals surface area contributed by atoms with Crippen LogP contribution in [-0.2, 0) is 19.7 Å². The van der Waals surface area contributed by atoms with Gasteiger partial charge in [0.15, 0.2) is 11.6 Å². The van der Waals surface area contributed by atoms with Crippen LogP contribution in [0.2, 0.25) is 0 Å². The quantitative estimate of drug-likeness (QED) is 0.882. The molecule has 2 rings (SSSR count). The number of hydrogen-bond acceptors (Lipinski definition) is 3. The fourth-order valence-electron chi connectivity index (χ4n) is 1.70. The molecule has 0 saturated heterocycles. The van der Waals surface area contributed by atoms with Gasteiger partial charge in [0.1, 0.15) is 12.4 Å². The molecule has 1 heterocycles. The Bertz CT molecular complexity index is 525. The molecule has 2 aromatic rings. The van der Waals surface area contributed by atoms with Gasteiger partial charge in [-0.05, 0) is 24.6 Å². The lowest BCUT2D eigenvalue weighted by Crippen LogP contribution is -2.06. The smallest absolute Gasteiger partial charge is 0.165 e. The average Bonchev–Trinajstić information content (AvgIpc) is 2.84. The van der Waals surface area contributed by atoms with Gasteiger partial charge < -0.3 is 15.0 Å². The molecular weight excluding hydrogens is 233 g/mol. The molecule has 1 aromatic carbocycles. The molecule has 0 aliphatic rings. The molecule has 2 N–H and O–H groups in total. The zero-order valence-electron chi connectivity index (χ0n) is 10.3. The summed E-state index contributed by atoms with van der Waals surface area (Å²) in [6.07, 6.45) is 3.57. The molecule has 0 aliphatic carbocycles. The van der Waals surface area contributed by atoms with Crippen molar-refractivity contribution in [2.75, 3.05) is 0 Å². The van der Waals surface area contributed by atoms with Gasteiger partial charge in [-0.25, -0.2) is 9.37 Å². The lowest BCUT2D eigenvalue weighted by molar-refractivity contribution is 0.275. The van der Waals surface area contributed by atoms with Crippen molar-refractivity contribution >= 4 is 0 Å². The van der Waals surface area contributed by atoms with Gasteiger partial charge >= 0.3 is 0 Å². The Kier molecular flexibility index (Phi) is 3.94. The van der Waals surface area contributed by atoms with Crippen LogP contribution in [0.3, 0.4) is 0 Å². The zero-order chi connectivity index (χ0) is 13.0. The molecule has 0 saturated carbocycles. The standard InChI is InChI=1S/C13H16FN3O/c1-2-17-6-5-16-13(17)9-18-12-4-3-10(8-15)7-11(12)14/h3-7H,2,8-9,15H2,1H3. The Balaban J connectivity index is 2.06. The number of nitrogens with two attached hydrogens (primary N) is 1. The van der Waals surface area contributed by atoms with Crippen LogP contribution in [0.25, 0.3) is 0 Å². The maximum Gasteiger partial charge on any atom is 0.165 e. The molecule has 0 atom stereocenters. The summed E-state index contributed by atoms with van der Waals surface area (Å²) in [5.74, 6) is 0.602. The third kappa shape index (κ3) is 2.68. The van der Waals surface area contributed by atoms with E-state index in [-0.39, 0.29) is 12.4 Å². The van der Waals surface area contributed by atoms with Gasteiger partial charge in [0.05, 0.1) is 0 Å². The van der Waals surface area contributed by atoms with E-state index in [2.05, 4.69) is 4.98 Å². The number of nitrogens with zero attached hydrogens (tertiary/aromatic N) is 2. The van der Waals surface area contributed by atoms with Crippen molar-refractivity contribution in [1.82, 2.24) is 9.55 Å². The highest BCUT2D eigenvalue weighted by Gasteiger charge is 2.07. The van der Waals surface area contributed by atoms with Gasteiger partial charge in [-0.2, -0.15) is 0 Å². The first-order valence-electron chi connectivity index (χ1n) is 5.86. The van der Waals surface area contributed by atoms with Gasteiger partial charge in [-0.1, -0.05) is 6.07 Å². The fourth-order valence-corrected chi connectivity index (χ4v) is 1.70. The number of halogens is 1. The molecular formula is C13H16FN3O. The van der Waals surface area contributed by atoms with Crippen LogP contribution in [0.15, 0.2) is 30.6 Å². The summed E-state index contributed by atoms with van der Waals surface area (Å²) in [7, 11) is 0. The molecule has 0 amide bonds. The zero-order valence-corrected chi connectivity index (χ0v) is 10.3. The summed E-state index contributed by atoms with van der Waals surface area (Å²) < 4.78 is 21.0. The van der Waals surface area contributed by atoms with E-state index in [1.165, 1.54) is 6.07 Å². The molecule has 0 radical (unpaired) electrons. The van der Waals surface area contributed by atoms with Gasteiger partial charge in [0.2, 0.25) is 0 Å². The van der Waals surface area contributed by atoms with E-state index in [9.17, 15) is 4.39 Å². The predicted octanol–water partition coefficient (Wildman–Crippen LogP) is 2.08. The monoisotopic (exact) mass is 249 g/mol. The Morgan fingerprint density at radius 2 is 2.28 bits per heavy atom. The van der Waals surface area contributed by atoms with Crippen LogP contribution < -0.4 is 10.5 Å². The van der Waals surface area contributed by atoms with Crippen LogP contribution in [0.5, 0.6) is 5.75 Å². The minimum Gasteiger partial charge on any atom is -0.483 e. The Labute approximate surface area is 105 Å². The molecule has 0 aliphatic heterocycles. The Morgan fingerprint density at radius 1 is 1.44 bits per heavy atom. The summed E-state index contributed by atoms with van der Waals surface area (Å²) in [6, 6.07) is 4.74. The van der Waals surface area contributed by atoms with Crippen LogP contribution in [0, 0.1) is 5.82 Å². The van der Waals surface area contributed by atoms with Crippen molar-refractivity contribution in [1.29, 1.82) is 0 Å². The van der Waals surface area contributed by atoms with Crippen molar-refractivity contribution in [3.8, 4) is 5.75 Å². The van der Waals surface area contributed by atoms with E-state index in [1.807, 2.05) is 17.7 Å². The third-order valence-electron chi connectivity index (χ3n) is 2.73. The fraction of sp³-hybridized carbons (Fsp3) is 0.308. The van der Waals surface area contributed by atoms with Crippen LogP contribution in [0.1, 0.15) is 18.3 Å². The second-order valence-corrected chi connectivity index (χ2v) is 3.89. The Morgan fingerprint density at radius 3 is 2.94 bits per heavy atom. The van der Waals surface area contributed by atoms with Crippen LogP contribution in [0.4, 0.5) is 4.39 Å². The number of aromatic nitrogens is 2. The van der Waals surface area contributed by atoms with E-state index in [0.29, 0.717) is 6.54 Å². The second kappa shape index (κ2) is 5.64. The van der Waals surface area contributed by atoms with E-state index in [1.54, 1.807) is 18.3 Å². The molecule has 0 spiro atoms. The van der Waals surface area contributed by atoms with E-state index in [0.717, 1.165) is 17.9 Å². The third-order valence-corrected chi connectivity index (χ3v) is 2.73. The van der Waals surface area contributed by atoms with E-state index >= 15 is 0 Å². The number of hydrogen-bond donors (Lipinski definition) is 1. The highest BCUT2D eigenvalue weighted by atomic mass is 19.1. The van der Waals surface area contributed by atoms with Crippen molar-refractivity contribution in [2.24, 2.45) is 5.73 Å². The molecule has 5 heteroatoms. The summed E-state index contributed by atoms with van der Waals surface area (Å²) in [4.78, 5) is 4.16. The summed E-state index contributed by atoms with van der Waals surface area (Å²) in [5.41, 5.74) is 6.18. The van der Waals surface area contributed by atoms with Crippen molar-refractivity contribution in [3.63, 3.8) is 0 Å². The lowest BCUT2D eigenvalue weighted by Gasteiger charge is -2.09. The first-order valence-corrected chi connectivity index (χ1v) is 5.86. The SMILES string of the molecule is CCn1ccnc1COc1ccc(CN)cc1F. The van der Waals surface area contributed by atoms with Crippen LogP contribution >= 0.6 is 0 Å². The van der Waals surface area contributed by atoms with E-state index in [4.69, 9.17) is 10.5 Å². The minimum atomic E-state index is -0.396. The van der Waals surface area contributed by atoms with Crippen LogP contribution in [-0.4, -0.2) is 9.55 Å².